The van der Waals surface area contributed by atoms with Gasteiger partial charge in [-0.25, -0.2) is 9.78 Å². The molecule has 0 bridgehead atoms. The maximum atomic E-state index is 13.0. The van der Waals surface area contributed by atoms with Crippen molar-refractivity contribution in [1.29, 1.82) is 0 Å². The summed E-state index contributed by atoms with van der Waals surface area (Å²) >= 11 is 0. The van der Waals surface area contributed by atoms with E-state index in [2.05, 4.69) is 35.5 Å². The summed E-state index contributed by atoms with van der Waals surface area (Å²) in [5.74, 6) is -0.0936. The van der Waals surface area contributed by atoms with Gasteiger partial charge in [-0.3, -0.25) is 4.79 Å². The second-order valence-corrected chi connectivity index (χ2v) is 8.09. The van der Waals surface area contributed by atoms with Crippen molar-refractivity contribution in [2.24, 2.45) is 5.92 Å². The van der Waals surface area contributed by atoms with Gasteiger partial charge >= 0.3 is 5.97 Å². The Kier molecular flexibility index (Phi) is 5.57. The molecule has 6 nitrogen and oxygen atoms in total. The predicted octanol–water partition coefficient (Wildman–Crippen LogP) is 3.99. The predicted molar refractivity (Wildman–Crippen MR) is 116 cm³/mol. The number of aryl methyl sites for hydroxylation is 2. The molecule has 1 fully saturated rings. The SMILES string of the molecule is COC(=O)c1ccccc1C(=O)N1CCC(Cn2cnc3cc(C)c(C)cc32)CC1. The van der Waals surface area contributed by atoms with Crippen LogP contribution in [-0.4, -0.2) is 46.5 Å². The van der Waals surface area contributed by atoms with E-state index < -0.39 is 5.97 Å². The average Bonchev–Trinajstić information content (AvgIpc) is 3.14. The first-order chi connectivity index (χ1) is 14.5. The number of aromatic nitrogens is 2. The van der Waals surface area contributed by atoms with E-state index in [1.807, 2.05) is 11.2 Å². The van der Waals surface area contributed by atoms with Gasteiger partial charge in [0.05, 0.1) is 35.6 Å². The molecule has 4 rings (SSSR count). The molecule has 6 heteroatoms. The van der Waals surface area contributed by atoms with E-state index in [-0.39, 0.29) is 5.91 Å². The molecule has 1 aromatic heterocycles. The quantitative estimate of drug-likeness (QED) is 0.616. The number of imidazole rings is 1. The van der Waals surface area contributed by atoms with E-state index in [0.29, 0.717) is 30.1 Å². The van der Waals surface area contributed by atoms with Gasteiger partial charge in [0.2, 0.25) is 0 Å². The highest BCUT2D eigenvalue weighted by molar-refractivity contribution is 6.05. The molecule has 3 aromatic rings. The van der Waals surface area contributed by atoms with Crippen LogP contribution in [0.4, 0.5) is 0 Å². The summed E-state index contributed by atoms with van der Waals surface area (Å²) in [5.41, 5.74) is 5.46. The number of carbonyl (C=O) groups excluding carboxylic acids is 2. The molecule has 0 radical (unpaired) electrons. The van der Waals surface area contributed by atoms with E-state index >= 15 is 0 Å². The standard InChI is InChI=1S/C24H27N3O3/c1-16-12-21-22(13-17(16)2)27(15-25-21)14-18-8-10-26(11-9-18)23(28)19-6-4-5-7-20(19)24(29)30-3/h4-7,12-13,15,18H,8-11,14H2,1-3H3. The first kappa shape index (κ1) is 20.1. The molecular weight excluding hydrogens is 378 g/mol. The lowest BCUT2D eigenvalue weighted by molar-refractivity contribution is 0.0583. The van der Waals surface area contributed by atoms with Crippen LogP contribution in [0.5, 0.6) is 0 Å². The Morgan fingerprint density at radius 3 is 2.43 bits per heavy atom. The summed E-state index contributed by atoms with van der Waals surface area (Å²) in [6, 6.07) is 11.2. The van der Waals surface area contributed by atoms with Crippen LogP contribution >= 0.6 is 0 Å². The minimum atomic E-state index is -0.480. The molecule has 1 saturated heterocycles. The molecule has 1 aliphatic heterocycles. The minimum Gasteiger partial charge on any atom is -0.465 e. The lowest BCUT2D eigenvalue weighted by Crippen LogP contribution is -2.39. The summed E-state index contributed by atoms with van der Waals surface area (Å²) < 4.78 is 7.06. The number of piperidine rings is 1. The van der Waals surface area contributed by atoms with Crippen molar-refractivity contribution < 1.29 is 14.3 Å². The van der Waals surface area contributed by atoms with E-state index in [0.717, 1.165) is 24.9 Å². The summed E-state index contributed by atoms with van der Waals surface area (Å²) in [7, 11) is 1.33. The monoisotopic (exact) mass is 405 g/mol. The van der Waals surface area contributed by atoms with Crippen LogP contribution in [0.15, 0.2) is 42.7 Å². The normalized spacial score (nSPS) is 14.8. The van der Waals surface area contributed by atoms with Gasteiger partial charge in [-0.15, -0.1) is 0 Å². The number of nitrogens with zero attached hydrogens (tertiary/aromatic N) is 3. The molecule has 0 unspecified atom stereocenters. The molecule has 0 atom stereocenters. The molecule has 0 saturated carbocycles. The van der Waals surface area contributed by atoms with Gasteiger partial charge in [0, 0.05) is 19.6 Å². The van der Waals surface area contributed by atoms with Crippen molar-refractivity contribution >= 4 is 22.9 Å². The van der Waals surface area contributed by atoms with Crippen LogP contribution < -0.4 is 0 Å². The topological polar surface area (TPSA) is 64.4 Å². The van der Waals surface area contributed by atoms with Gasteiger partial charge in [-0.2, -0.15) is 0 Å². The Bertz CT molecular complexity index is 1090. The summed E-state index contributed by atoms with van der Waals surface area (Å²) in [5, 5.41) is 0. The minimum absolute atomic E-state index is 0.103. The third-order valence-electron chi connectivity index (χ3n) is 6.16. The number of rotatable bonds is 4. The highest BCUT2D eigenvalue weighted by atomic mass is 16.5. The van der Waals surface area contributed by atoms with E-state index in [4.69, 9.17) is 4.74 Å². The highest BCUT2D eigenvalue weighted by Crippen LogP contribution is 2.25. The molecule has 2 heterocycles. The number of carbonyl (C=O) groups is 2. The third-order valence-corrected chi connectivity index (χ3v) is 6.16. The summed E-state index contributed by atoms with van der Waals surface area (Å²) in [4.78, 5) is 31.4. The molecule has 2 aromatic carbocycles. The fraction of sp³-hybridized carbons (Fsp3) is 0.375. The molecule has 1 aliphatic rings. The largest absolute Gasteiger partial charge is 0.465 e. The molecule has 156 valence electrons. The zero-order chi connectivity index (χ0) is 21.3. The summed E-state index contributed by atoms with van der Waals surface area (Å²) in [6.45, 7) is 6.51. The van der Waals surface area contributed by atoms with Crippen LogP contribution in [0.2, 0.25) is 0 Å². The fourth-order valence-corrected chi connectivity index (χ4v) is 4.18. The molecule has 1 amide bonds. The lowest BCUT2D eigenvalue weighted by Gasteiger charge is -2.32. The van der Waals surface area contributed by atoms with Crippen molar-refractivity contribution in [3.63, 3.8) is 0 Å². The molecule has 0 aliphatic carbocycles. The Morgan fingerprint density at radius 1 is 1.07 bits per heavy atom. The number of benzene rings is 2. The highest BCUT2D eigenvalue weighted by Gasteiger charge is 2.27. The van der Waals surface area contributed by atoms with Gasteiger partial charge in [-0.05, 0) is 68.0 Å². The van der Waals surface area contributed by atoms with E-state index in [1.165, 1.54) is 23.8 Å². The number of hydrogen-bond acceptors (Lipinski definition) is 4. The molecule has 0 N–H and O–H groups in total. The maximum Gasteiger partial charge on any atom is 0.338 e. The van der Waals surface area contributed by atoms with Gasteiger partial charge in [-0.1, -0.05) is 12.1 Å². The fourth-order valence-electron chi connectivity index (χ4n) is 4.18. The van der Waals surface area contributed by atoms with Crippen LogP contribution in [0.1, 0.15) is 44.7 Å². The Hall–Kier alpha value is -3.15. The Morgan fingerprint density at radius 2 is 1.73 bits per heavy atom. The maximum absolute atomic E-state index is 13.0. The number of methoxy groups -OCH3 is 1. The van der Waals surface area contributed by atoms with Crippen molar-refractivity contribution in [2.45, 2.75) is 33.2 Å². The first-order valence-electron chi connectivity index (χ1n) is 10.4. The van der Waals surface area contributed by atoms with Gasteiger partial charge in [0.15, 0.2) is 0 Å². The second-order valence-electron chi connectivity index (χ2n) is 8.09. The van der Waals surface area contributed by atoms with Crippen LogP contribution in [-0.2, 0) is 11.3 Å². The summed E-state index contributed by atoms with van der Waals surface area (Å²) in [6.07, 6.45) is 3.78. The molecule has 30 heavy (non-hydrogen) atoms. The molecular formula is C24H27N3O3. The van der Waals surface area contributed by atoms with Gasteiger partial charge in [0.1, 0.15) is 0 Å². The van der Waals surface area contributed by atoms with Crippen LogP contribution in [0.3, 0.4) is 0 Å². The zero-order valence-electron chi connectivity index (χ0n) is 17.7. The second kappa shape index (κ2) is 8.30. The first-order valence-corrected chi connectivity index (χ1v) is 10.4. The number of fused-ring (bicyclic) bond motifs is 1. The smallest absolute Gasteiger partial charge is 0.338 e. The van der Waals surface area contributed by atoms with Gasteiger partial charge < -0.3 is 14.2 Å². The number of amides is 1. The average molecular weight is 405 g/mol. The van der Waals surface area contributed by atoms with Crippen LogP contribution in [0.25, 0.3) is 11.0 Å². The van der Waals surface area contributed by atoms with Gasteiger partial charge in [0.25, 0.3) is 5.91 Å². The number of likely N-dealkylation sites (tertiary alicyclic amines) is 1. The number of ether oxygens (including phenoxy) is 1. The van der Waals surface area contributed by atoms with Crippen molar-refractivity contribution in [2.75, 3.05) is 20.2 Å². The Labute approximate surface area is 176 Å². The van der Waals surface area contributed by atoms with E-state index in [1.54, 1.807) is 24.3 Å². The zero-order valence-corrected chi connectivity index (χ0v) is 17.7. The van der Waals surface area contributed by atoms with Crippen LogP contribution in [0, 0.1) is 19.8 Å². The lowest BCUT2D eigenvalue weighted by atomic mass is 9.95. The van der Waals surface area contributed by atoms with Crippen molar-refractivity contribution in [1.82, 2.24) is 14.5 Å². The third kappa shape index (κ3) is 3.82. The number of esters is 1. The van der Waals surface area contributed by atoms with E-state index in [9.17, 15) is 9.59 Å². The van der Waals surface area contributed by atoms with Crippen molar-refractivity contribution in [3.8, 4) is 0 Å². The Balaban J connectivity index is 1.43. The van der Waals surface area contributed by atoms with Crippen molar-refractivity contribution in [3.05, 3.63) is 65.0 Å². The number of hydrogen-bond donors (Lipinski definition) is 0. The molecule has 0 spiro atoms.